The van der Waals surface area contributed by atoms with Gasteiger partial charge in [0.1, 0.15) is 18.5 Å². The molecule has 132 valence electrons. The minimum absolute atomic E-state index is 0.303. The number of hydrogen-bond donors (Lipinski definition) is 2. The molecule has 2 heterocycles. The number of aryl methyl sites for hydroxylation is 1. The number of thiazole rings is 1. The van der Waals surface area contributed by atoms with E-state index in [1.165, 1.54) is 0 Å². The number of nitrogens with zero attached hydrogens (tertiary/aromatic N) is 3. The first kappa shape index (κ1) is 17.6. The second-order valence-electron chi connectivity index (χ2n) is 6.26. The van der Waals surface area contributed by atoms with Crippen LogP contribution in [0.2, 0.25) is 0 Å². The van der Waals surface area contributed by atoms with Gasteiger partial charge in [0.2, 0.25) is 0 Å². The number of hydrogen-bond acceptors (Lipinski definition) is 7. The molecule has 0 saturated carbocycles. The molecule has 0 spiro atoms. The van der Waals surface area contributed by atoms with E-state index < -0.39 is 6.10 Å². The van der Waals surface area contributed by atoms with Gasteiger partial charge in [-0.2, -0.15) is 0 Å². The molecular formula is C17H26N4O2S. The lowest BCUT2D eigenvalue weighted by molar-refractivity contribution is 0.0467. The lowest BCUT2D eigenvalue weighted by Crippen LogP contribution is -2.50. The van der Waals surface area contributed by atoms with Crippen molar-refractivity contribution < 1.29 is 9.84 Å². The quantitative estimate of drug-likeness (QED) is 0.773. The average molecular weight is 350 g/mol. The van der Waals surface area contributed by atoms with Crippen molar-refractivity contribution in [3.63, 3.8) is 0 Å². The highest BCUT2D eigenvalue weighted by Gasteiger charge is 2.19. The van der Waals surface area contributed by atoms with Crippen LogP contribution in [0.25, 0.3) is 10.2 Å². The van der Waals surface area contributed by atoms with Crippen LogP contribution in [-0.2, 0) is 0 Å². The van der Waals surface area contributed by atoms with E-state index in [9.17, 15) is 5.11 Å². The Morgan fingerprint density at radius 3 is 2.79 bits per heavy atom. The molecule has 1 aromatic heterocycles. The lowest BCUT2D eigenvalue weighted by atomic mass is 10.2. The first-order valence-electron chi connectivity index (χ1n) is 8.47. The summed E-state index contributed by atoms with van der Waals surface area (Å²) < 4.78 is 6.91. The molecule has 3 rings (SSSR count). The van der Waals surface area contributed by atoms with Crippen LogP contribution in [0.1, 0.15) is 5.01 Å². The highest BCUT2D eigenvalue weighted by atomic mass is 32.1. The van der Waals surface area contributed by atoms with E-state index in [1.807, 2.05) is 25.1 Å². The van der Waals surface area contributed by atoms with Crippen LogP contribution in [0, 0.1) is 6.92 Å². The van der Waals surface area contributed by atoms with Crippen molar-refractivity contribution in [3.8, 4) is 5.75 Å². The van der Waals surface area contributed by atoms with E-state index in [4.69, 9.17) is 10.5 Å². The number of aliphatic hydroxyl groups excluding tert-OH is 1. The average Bonchev–Trinajstić information content (AvgIpc) is 2.94. The molecular weight excluding hydrogens is 324 g/mol. The maximum Gasteiger partial charge on any atom is 0.121 e. The largest absolute Gasteiger partial charge is 0.491 e. The number of β-amino-alcohol motifs (C(OH)–C–C–N with tert-alkyl or cyclic N) is 1. The van der Waals surface area contributed by atoms with Crippen LogP contribution in [0.5, 0.6) is 5.75 Å². The lowest BCUT2D eigenvalue weighted by Gasteiger charge is -2.35. The standard InChI is InChI=1S/C17H26N4O2S/c1-13-19-16-10-15(2-3-17(16)24-13)23-12-14(22)11-21-8-6-20(5-4-18)7-9-21/h2-3,10,14,22H,4-9,11-12,18H2,1H3. The van der Waals surface area contributed by atoms with E-state index in [1.54, 1.807) is 11.3 Å². The number of ether oxygens (including phenoxy) is 1. The SMILES string of the molecule is Cc1nc2cc(OCC(O)CN3CCN(CCN)CC3)ccc2s1. The summed E-state index contributed by atoms with van der Waals surface area (Å²) in [5.74, 6) is 0.764. The van der Waals surface area contributed by atoms with Crippen LogP contribution in [0.3, 0.4) is 0 Å². The summed E-state index contributed by atoms with van der Waals surface area (Å²) in [6.45, 7) is 8.60. The molecule has 1 fully saturated rings. The predicted molar refractivity (Wildman–Crippen MR) is 97.8 cm³/mol. The van der Waals surface area contributed by atoms with E-state index >= 15 is 0 Å². The summed E-state index contributed by atoms with van der Waals surface area (Å²) in [6, 6.07) is 5.91. The normalized spacial score (nSPS) is 18.1. The zero-order chi connectivity index (χ0) is 16.9. The van der Waals surface area contributed by atoms with Gasteiger partial charge in [-0.05, 0) is 19.1 Å². The fourth-order valence-electron chi connectivity index (χ4n) is 3.03. The number of benzene rings is 1. The van der Waals surface area contributed by atoms with Gasteiger partial charge in [0.05, 0.1) is 15.2 Å². The molecule has 0 amide bonds. The van der Waals surface area contributed by atoms with Gasteiger partial charge in [-0.3, -0.25) is 9.80 Å². The zero-order valence-electron chi connectivity index (χ0n) is 14.1. The van der Waals surface area contributed by atoms with Crippen LogP contribution in [0.15, 0.2) is 18.2 Å². The van der Waals surface area contributed by atoms with Crippen molar-refractivity contribution in [1.82, 2.24) is 14.8 Å². The number of rotatable bonds is 7. The van der Waals surface area contributed by atoms with Crippen molar-refractivity contribution in [2.75, 3.05) is 52.4 Å². The highest BCUT2D eigenvalue weighted by Crippen LogP contribution is 2.25. The summed E-state index contributed by atoms with van der Waals surface area (Å²) in [5.41, 5.74) is 6.55. The van der Waals surface area contributed by atoms with Gasteiger partial charge in [0.25, 0.3) is 0 Å². The first-order chi connectivity index (χ1) is 11.6. The van der Waals surface area contributed by atoms with Crippen LogP contribution >= 0.6 is 11.3 Å². The van der Waals surface area contributed by atoms with Gasteiger partial charge in [-0.15, -0.1) is 11.3 Å². The van der Waals surface area contributed by atoms with Crippen LogP contribution in [-0.4, -0.2) is 78.4 Å². The van der Waals surface area contributed by atoms with Gasteiger partial charge < -0.3 is 15.6 Å². The third-order valence-corrected chi connectivity index (χ3v) is 5.24. The maximum atomic E-state index is 10.2. The van der Waals surface area contributed by atoms with Crippen molar-refractivity contribution in [2.45, 2.75) is 13.0 Å². The van der Waals surface area contributed by atoms with Crippen LogP contribution in [0.4, 0.5) is 0 Å². The second kappa shape index (κ2) is 8.22. The summed E-state index contributed by atoms with van der Waals surface area (Å²) in [4.78, 5) is 9.12. The monoisotopic (exact) mass is 350 g/mol. The molecule has 0 aliphatic carbocycles. The Kier molecular flexibility index (Phi) is 6.02. The van der Waals surface area contributed by atoms with Gasteiger partial charge in [-0.25, -0.2) is 4.98 Å². The number of aromatic nitrogens is 1. The molecule has 7 heteroatoms. The molecule has 3 N–H and O–H groups in total. The summed E-state index contributed by atoms with van der Waals surface area (Å²) >= 11 is 1.68. The van der Waals surface area contributed by atoms with Gasteiger partial charge in [-0.1, -0.05) is 0 Å². The van der Waals surface area contributed by atoms with E-state index in [-0.39, 0.29) is 0 Å². The topological polar surface area (TPSA) is 74.9 Å². The molecule has 1 unspecified atom stereocenters. The minimum atomic E-state index is -0.487. The fourth-order valence-corrected chi connectivity index (χ4v) is 3.84. The summed E-state index contributed by atoms with van der Waals surface area (Å²) in [7, 11) is 0. The molecule has 1 aromatic carbocycles. The molecule has 1 aliphatic rings. The molecule has 0 bridgehead atoms. The number of aliphatic hydroxyl groups is 1. The third-order valence-electron chi connectivity index (χ3n) is 4.29. The Hall–Kier alpha value is -1.25. The summed E-state index contributed by atoms with van der Waals surface area (Å²) in [6.07, 6.45) is -0.487. The van der Waals surface area contributed by atoms with Crippen molar-refractivity contribution >= 4 is 21.6 Å². The Balaban J connectivity index is 1.44. The highest BCUT2D eigenvalue weighted by molar-refractivity contribution is 7.18. The third kappa shape index (κ3) is 4.64. The molecule has 6 nitrogen and oxygen atoms in total. The van der Waals surface area contributed by atoms with Gasteiger partial charge >= 0.3 is 0 Å². The molecule has 2 aromatic rings. The Labute approximate surface area is 146 Å². The van der Waals surface area contributed by atoms with Crippen molar-refractivity contribution in [1.29, 1.82) is 0 Å². The molecule has 0 radical (unpaired) electrons. The maximum absolute atomic E-state index is 10.2. The second-order valence-corrected chi connectivity index (χ2v) is 7.49. The van der Waals surface area contributed by atoms with Gasteiger partial charge in [0, 0.05) is 51.9 Å². The number of nitrogens with two attached hydrogens (primary N) is 1. The number of piperazine rings is 1. The predicted octanol–water partition coefficient (Wildman–Crippen LogP) is 0.921. The number of fused-ring (bicyclic) bond motifs is 1. The van der Waals surface area contributed by atoms with Crippen molar-refractivity contribution in [3.05, 3.63) is 23.2 Å². The molecule has 24 heavy (non-hydrogen) atoms. The molecule has 1 atom stereocenters. The minimum Gasteiger partial charge on any atom is -0.491 e. The van der Waals surface area contributed by atoms with E-state index in [0.717, 1.165) is 53.7 Å². The zero-order valence-corrected chi connectivity index (χ0v) is 15.0. The summed E-state index contributed by atoms with van der Waals surface area (Å²) in [5, 5.41) is 11.3. The smallest absolute Gasteiger partial charge is 0.121 e. The Morgan fingerprint density at radius 2 is 2.04 bits per heavy atom. The Morgan fingerprint density at radius 1 is 1.29 bits per heavy atom. The Bertz CT molecular complexity index is 655. The molecule has 1 saturated heterocycles. The van der Waals surface area contributed by atoms with Gasteiger partial charge in [0.15, 0.2) is 0 Å². The fraction of sp³-hybridized carbons (Fsp3) is 0.588. The van der Waals surface area contributed by atoms with E-state index in [2.05, 4.69) is 14.8 Å². The first-order valence-corrected chi connectivity index (χ1v) is 9.28. The van der Waals surface area contributed by atoms with Crippen molar-refractivity contribution in [2.24, 2.45) is 5.73 Å². The van der Waals surface area contributed by atoms with Crippen LogP contribution < -0.4 is 10.5 Å². The molecule has 1 aliphatic heterocycles. The van der Waals surface area contributed by atoms with E-state index in [0.29, 0.717) is 19.7 Å².